The van der Waals surface area contributed by atoms with Crippen LogP contribution in [0.2, 0.25) is 0 Å². The van der Waals surface area contributed by atoms with E-state index in [1.165, 1.54) is 25.7 Å². The number of rotatable bonds is 5. The van der Waals surface area contributed by atoms with Gasteiger partial charge in [-0.1, -0.05) is 45.2 Å². The van der Waals surface area contributed by atoms with Gasteiger partial charge in [-0.05, 0) is 30.4 Å². The van der Waals surface area contributed by atoms with Gasteiger partial charge in [0.25, 0.3) is 0 Å². The molecule has 2 rings (SSSR count). The lowest BCUT2D eigenvalue weighted by molar-refractivity contribution is 0.268. The molecule has 0 aromatic heterocycles. The molecule has 1 aliphatic rings. The maximum absolute atomic E-state index is 12.1. The van der Waals surface area contributed by atoms with Crippen LogP contribution in [-0.4, -0.2) is 20.7 Å². The molecule has 0 radical (unpaired) electrons. The Kier molecular flexibility index (Phi) is 5.08. The molecule has 0 spiro atoms. The molecule has 1 aromatic rings. The molecule has 3 nitrogen and oxygen atoms in total. The lowest BCUT2D eigenvalue weighted by Crippen LogP contribution is -2.25. The van der Waals surface area contributed by atoms with Crippen LogP contribution in [0, 0.1) is 11.8 Å². The van der Waals surface area contributed by atoms with Gasteiger partial charge in [0.2, 0.25) is 0 Å². The van der Waals surface area contributed by atoms with Crippen LogP contribution in [-0.2, 0) is 9.84 Å². The van der Waals surface area contributed by atoms with Crippen LogP contribution in [0.5, 0.6) is 0 Å². The van der Waals surface area contributed by atoms with Crippen molar-refractivity contribution in [2.75, 3.05) is 17.6 Å². The zero-order valence-electron chi connectivity index (χ0n) is 12.4. The van der Waals surface area contributed by atoms with Gasteiger partial charge < -0.3 is 5.32 Å². The van der Waals surface area contributed by atoms with Gasteiger partial charge in [0.05, 0.1) is 16.3 Å². The standard InChI is InChI=1S/C16H25NO2S/c1-3-20(18,19)16-11-7-6-10-15(16)17-12-14-9-5-4-8-13(14)2/h6-7,10-11,13-14,17H,3-5,8-9,12H2,1-2H3. The lowest BCUT2D eigenvalue weighted by atomic mass is 9.80. The van der Waals surface area contributed by atoms with E-state index in [1.54, 1.807) is 19.1 Å². The van der Waals surface area contributed by atoms with Crippen molar-refractivity contribution < 1.29 is 8.42 Å². The molecular weight excluding hydrogens is 270 g/mol. The Bertz CT molecular complexity index is 539. The molecule has 1 N–H and O–H groups in total. The highest BCUT2D eigenvalue weighted by molar-refractivity contribution is 7.91. The van der Waals surface area contributed by atoms with Crippen LogP contribution >= 0.6 is 0 Å². The summed E-state index contributed by atoms with van der Waals surface area (Å²) in [5.74, 6) is 1.53. The summed E-state index contributed by atoms with van der Waals surface area (Å²) >= 11 is 0. The van der Waals surface area contributed by atoms with Crippen LogP contribution in [0.1, 0.15) is 39.5 Å². The van der Waals surface area contributed by atoms with Crippen LogP contribution < -0.4 is 5.32 Å². The van der Waals surface area contributed by atoms with Crippen molar-refractivity contribution in [3.8, 4) is 0 Å². The average Bonchev–Trinajstić information content (AvgIpc) is 2.47. The van der Waals surface area contributed by atoms with Crippen molar-refractivity contribution in [1.29, 1.82) is 0 Å². The highest BCUT2D eigenvalue weighted by Crippen LogP contribution is 2.30. The van der Waals surface area contributed by atoms with Gasteiger partial charge in [0, 0.05) is 6.54 Å². The minimum Gasteiger partial charge on any atom is -0.384 e. The Hall–Kier alpha value is -1.03. The number of benzene rings is 1. The van der Waals surface area contributed by atoms with Crippen molar-refractivity contribution in [1.82, 2.24) is 0 Å². The minimum absolute atomic E-state index is 0.144. The van der Waals surface area contributed by atoms with Crippen molar-refractivity contribution in [3.05, 3.63) is 24.3 Å². The van der Waals surface area contributed by atoms with Crippen molar-refractivity contribution in [3.63, 3.8) is 0 Å². The Morgan fingerprint density at radius 3 is 2.60 bits per heavy atom. The molecule has 0 amide bonds. The molecule has 0 saturated heterocycles. The summed E-state index contributed by atoms with van der Waals surface area (Å²) in [7, 11) is -3.16. The first-order valence-corrected chi connectivity index (χ1v) is 9.25. The molecule has 0 heterocycles. The van der Waals surface area contributed by atoms with E-state index in [0.717, 1.165) is 18.2 Å². The van der Waals surface area contributed by atoms with E-state index >= 15 is 0 Å². The van der Waals surface area contributed by atoms with Gasteiger partial charge in [-0.25, -0.2) is 8.42 Å². The van der Waals surface area contributed by atoms with E-state index in [9.17, 15) is 8.42 Å². The van der Waals surface area contributed by atoms with E-state index in [0.29, 0.717) is 10.8 Å². The Labute approximate surface area is 122 Å². The summed E-state index contributed by atoms with van der Waals surface area (Å²) in [6.07, 6.45) is 5.17. The monoisotopic (exact) mass is 295 g/mol. The van der Waals surface area contributed by atoms with Gasteiger partial charge in [-0.2, -0.15) is 0 Å². The van der Waals surface area contributed by atoms with Gasteiger partial charge in [0.15, 0.2) is 9.84 Å². The van der Waals surface area contributed by atoms with E-state index in [-0.39, 0.29) is 5.75 Å². The van der Waals surface area contributed by atoms with Gasteiger partial charge in [0.1, 0.15) is 0 Å². The number of hydrogen-bond acceptors (Lipinski definition) is 3. The first kappa shape index (κ1) is 15.4. The number of anilines is 1. The number of nitrogens with one attached hydrogen (secondary N) is 1. The molecule has 20 heavy (non-hydrogen) atoms. The third kappa shape index (κ3) is 3.54. The van der Waals surface area contributed by atoms with Crippen LogP contribution in [0.3, 0.4) is 0 Å². The fraction of sp³-hybridized carbons (Fsp3) is 0.625. The maximum Gasteiger partial charge on any atom is 0.180 e. The topological polar surface area (TPSA) is 46.2 Å². The molecule has 2 atom stereocenters. The highest BCUT2D eigenvalue weighted by Gasteiger charge is 2.22. The Morgan fingerprint density at radius 1 is 1.20 bits per heavy atom. The normalized spacial score (nSPS) is 23.5. The number of sulfone groups is 1. The lowest BCUT2D eigenvalue weighted by Gasteiger charge is -2.29. The number of para-hydroxylation sites is 1. The SMILES string of the molecule is CCS(=O)(=O)c1ccccc1NCC1CCCCC1C. The first-order valence-electron chi connectivity index (χ1n) is 7.60. The zero-order valence-corrected chi connectivity index (χ0v) is 13.2. The average molecular weight is 295 g/mol. The molecule has 0 bridgehead atoms. The Balaban J connectivity index is 2.10. The first-order chi connectivity index (χ1) is 9.54. The number of hydrogen-bond donors (Lipinski definition) is 1. The molecule has 1 fully saturated rings. The molecule has 112 valence electrons. The minimum atomic E-state index is -3.16. The molecule has 1 saturated carbocycles. The predicted molar refractivity (Wildman–Crippen MR) is 83.8 cm³/mol. The second-order valence-corrected chi connectivity index (χ2v) is 8.05. The fourth-order valence-electron chi connectivity index (χ4n) is 2.98. The maximum atomic E-state index is 12.1. The zero-order chi connectivity index (χ0) is 14.6. The molecule has 2 unspecified atom stereocenters. The van der Waals surface area contributed by atoms with Gasteiger partial charge in [-0.3, -0.25) is 0 Å². The van der Waals surface area contributed by atoms with Crippen molar-refractivity contribution in [2.45, 2.75) is 44.4 Å². The quantitative estimate of drug-likeness (QED) is 0.900. The predicted octanol–water partition coefficient (Wildman–Crippen LogP) is 3.72. The molecule has 1 aromatic carbocycles. The third-order valence-electron chi connectivity index (χ3n) is 4.45. The third-order valence-corrected chi connectivity index (χ3v) is 6.23. The fourth-order valence-corrected chi connectivity index (χ4v) is 4.05. The summed E-state index contributed by atoms with van der Waals surface area (Å²) < 4.78 is 24.2. The Morgan fingerprint density at radius 2 is 1.90 bits per heavy atom. The molecular formula is C16H25NO2S. The van der Waals surface area contributed by atoms with Crippen LogP contribution in [0.25, 0.3) is 0 Å². The molecule has 1 aliphatic carbocycles. The summed E-state index contributed by atoms with van der Waals surface area (Å²) in [5.41, 5.74) is 0.757. The van der Waals surface area contributed by atoms with Crippen LogP contribution in [0.4, 0.5) is 5.69 Å². The highest BCUT2D eigenvalue weighted by atomic mass is 32.2. The van der Waals surface area contributed by atoms with E-state index < -0.39 is 9.84 Å². The summed E-state index contributed by atoms with van der Waals surface area (Å²) in [6, 6.07) is 7.25. The largest absolute Gasteiger partial charge is 0.384 e. The molecule has 0 aliphatic heterocycles. The second-order valence-electron chi connectivity index (χ2n) is 5.80. The van der Waals surface area contributed by atoms with Crippen molar-refractivity contribution >= 4 is 15.5 Å². The summed E-state index contributed by atoms with van der Waals surface area (Å²) in [4.78, 5) is 0.436. The van der Waals surface area contributed by atoms with Gasteiger partial charge >= 0.3 is 0 Å². The van der Waals surface area contributed by atoms with E-state index in [2.05, 4.69) is 12.2 Å². The smallest absolute Gasteiger partial charge is 0.180 e. The summed E-state index contributed by atoms with van der Waals surface area (Å²) in [6.45, 7) is 4.87. The van der Waals surface area contributed by atoms with Gasteiger partial charge in [-0.15, -0.1) is 0 Å². The van der Waals surface area contributed by atoms with E-state index in [1.807, 2.05) is 12.1 Å². The molecule has 4 heteroatoms. The summed E-state index contributed by atoms with van der Waals surface area (Å²) in [5, 5.41) is 3.37. The van der Waals surface area contributed by atoms with Crippen LogP contribution in [0.15, 0.2) is 29.2 Å². The second kappa shape index (κ2) is 6.61. The van der Waals surface area contributed by atoms with Crippen molar-refractivity contribution in [2.24, 2.45) is 11.8 Å². The van der Waals surface area contributed by atoms with E-state index in [4.69, 9.17) is 0 Å².